The van der Waals surface area contributed by atoms with Crippen LogP contribution in [0.5, 0.6) is 0 Å². The van der Waals surface area contributed by atoms with E-state index in [0.717, 1.165) is 25.5 Å². The smallest absolute Gasteiger partial charge is 0.191 e. The van der Waals surface area contributed by atoms with E-state index in [4.69, 9.17) is 0 Å². The van der Waals surface area contributed by atoms with Gasteiger partial charge in [-0.15, -0.1) is 0 Å². The normalized spacial score (nSPS) is 17.1. The Bertz CT molecular complexity index is 321. The number of hydrogen-bond acceptors (Lipinski definition) is 2. The molecule has 0 aliphatic heterocycles. The molecule has 0 atom stereocenters. The Morgan fingerprint density at radius 1 is 1.37 bits per heavy atom. The van der Waals surface area contributed by atoms with Crippen LogP contribution in [0.4, 0.5) is 0 Å². The standard InChI is InChI=1S/C15H29N3S/c1-15(2,19-4)12-18-14(16-3)17-11-10-13-8-6-5-7-9-13/h8H,5-7,9-12H2,1-4H3,(H2,16,17,18). The Morgan fingerprint density at radius 2 is 2.16 bits per heavy atom. The molecule has 3 nitrogen and oxygen atoms in total. The molecule has 0 aromatic rings. The lowest BCUT2D eigenvalue weighted by molar-refractivity contribution is 0.650. The summed E-state index contributed by atoms with van der Waals surface area (Å²) in [6, 6.07) is 0. The van der Waals surface area contributed by atoms with Gasteiger partial charge in [-0.1, -0.05) is 11.6 Å². The Balaban J connectivity index is 2.24. The molecule has 0 unspecified atom stereocenters. The van der Waals surface area contributed by atoms with Crippen LogP contribution in [0.1, 0.15) is 46.0 Å². The molecule has 0 saturated heterocycles. The van der Waals surface area contributed by atoms with Gasteiger partial charge in [-0.2, -0.15) is 11.8 Å². The molecule has 0 heterocycles. The highest BCUT2D eigenvalue weighted by Gasteiger charge is 2.16. The van der Waals surface area contributed by atoms with E-state index in [-0.39, 0.29) is 4.75 Å². The summed E-state index contributed by atoms with van der Waals surface area (Å²) in [6.07, 6.45) is 11.0. The van der Waals surface area contributed by atoms with Gasteiger partial charge in [-0.25, -0.2) is 0 Å². The highest BCUT2D eigenvalue weighted by atomic mass is 32.2. The summed E-state index contributed by atoms with van der Waals surface area (Å²) in [5, 5.41) is 6.80. The molecule has 1 aliphatic rings. The first-order chi connectivity index (χ1) is 9.07. The van der Waals surface area contributed by atoms with Crippen LogP contribution in [0.2, 0.25) is 0 Å². The fraction of sp³-hybridized carbons (Fsp3) is 0.800. The van der Waals surface area contributed by atoms with Gasteiger partial charge in [0, 0.05) is 24.9 Å². The van der Waals surface area contributed by atoms with Gasteiger partial charge < -0.3 is 10.6 Å². The van der Waals surface area contributed by atoms with Crippen LogP contribution >= 0.6 is 11.8 Å². The number of nitrogens with one attached hydrogen (secondary N) is 2. The van der Waals surface area contributed by atoms with Crippen molar-refractivity contribution in [2.24, 2.45) is 4.99 Å². The molecule has 0 radical (unpaired) electrons. The first-order valence-corrected chi connectivity index (χ1v) is 8.47. The van der Waals surface area contributed by atoms with Gasteiger partial charge in [0.05, 0.1) is 0 Å². The molecule has 19 heavy (non-hydrogen) atoms. The number of hydrogen-bond donors (Lipinski definition) is 2. The van der Waals surface area contributed by atoms with Gasteiger partial charge >= 0.3 is 0 Å². The first kappa shape index (κ1) is 16.4. The fourth-order valence-electron chi connectivity index (χ4n) is 2.06. The Hall–Kier alpha value is -0.640. The zero-order valence-electron chi connectivity index (χ0n) is 12.9. The SMILES string of the molecule is CN=C(NCCC1=CCCCC1)NCC(C)(C)SC. The van der Waals surface area contributed by atoms with Gasteiger partial charge in [0.2, 0.25) is 0 Å². The third kappa shape index (κ3) is 6.90. The molecule has 0 aromatic heterocycles. The summed E-state index contributed by atoms with van der Waals surface area (Å²) in [7, 11) is 1.83. The molecule has 2 N–H and O–H groups in total. The molecular formula is C15H29N3S. The fourth-order valence-corrected chi connectivity index (χ4v) is 2.28. The molecule has 1 aliphatic carbocycles. The van der Waals surface area contributed by atoms with Crippen molar-refractivity contribution >= 4 is 17.7 Å². The number of guanidine groups is 1. The second-order valence-corrected chi connectivity index (χ2v) is 7.19. The van der Waals surface area contributed by atoms with E-state index in [2.05, 4.69) is 41.8 Å². The third-order valence-electron chi connectivity index (χ3n) is 3.58. The molecule has 110 valence electrons. The number of nitrogens with zero attached hydrogens (tertiary/aromatic N) is 1. The Labute approximate surface area is 122 Å². The summed E-state index contributed by atoms with van der Waals surface area (Å²) >= 11 is 1.87. The highest BCUT2D eigenvalue weighted by molar-refractivity contribution is 7.99. The molecular weight excluding hydrogens is 254 g/mol. The van der Waals surface area contributed by atoms with E-state index >= 15 is 0 Å². The monoisotopic (exact) mass is 283 g/mol. The van der Waals surface area contributed by atoms with E-state index in [0.29, 0.717) is 0 Å². The van der Waals surface area contributed by atoms with Crippen molar-refractivity contribution in [3.63, 3.8) is 0 Å². The average molecular weight is 283 g/mol. The van der Waals surface area contributed by atoms with Crippen molar-refractivity contribution in [1.82, 2.24) is 10.6 Å². The van der Waals surface area contributed by atoms with E-state index in [1.807, 2.05) is 18.8 Å². The van der Waals surface area contributed by atoms with Gasteiger partial charge in [0.1, 0.15) is 0 Å². The lowest BCUT2D eigenvalue weighted by atomic mass is 9.97. The summed E-state index contributed by atoms with van der Waals surface area (Å²) in [5.74, 6) is 0.915. The second-order valence-electron chi connectivity index (χ2n) is 5.67. The van der Waals surface area contributed by atoms with Crippen molar-refractivity contribution in [2.45, 2.75) is 50.7 Å². The van der Waals surface area contributed by atoms with Crippen LogP contribution in [0.3, 0.4) is 0 Å². The van der Waals surface area contributed by atoms with Gasteiger partial charge in [-0.3, -0.25) is 4.99 Å². The van der Waals surface area contributed by atoms with Crippen LogP contribution in [-0.4, -0.2) is 37.1 Å². The summed E-state index contributed by atoms with van der Waals surface area (Å²) in [5.41, 5.74) is 1.61. The van der Waals surface area contributed by atoms with E-state index in [1.165, 1.54) is 25.7 Å². The van der Waals surface area contributed by atoms with E-state index < -0.39 is 0 Å². The van der Waals surface area contributed by atoms with Crippen LogP contribution < -0.4 is 10.6 Å². The lowest BCUT2D eigenvalue weighted by Crippen LogP contribution is -2.43. The molecule has 0 amide bonds. The van der Waals surface area contributed by atoms with Crippen LogP contribution in [0, 0.1) is 0 Å². The molecule has 0 spiro atoms. The molecule has 0 bridgehead atoms. The zero-order chi connectivity index (χ0) is 14.1. The van der Waals surface area contributed by atoms with Gasteiger partial charge in [-0.05, 0) is 52.2 Å². The molecule has 0 aromatic carbocycles. The minimum absolute atomic E-state index is 0.240. The van der Waals surface area contributed by atoms with E-state index in [1.54, 1.807) is 5.57 Å². The quantitative estimate of drug-likeness (QED) is 0.446. The van der Waals surface area contributed by atoms with Gasteiger partial charge in [0.15, 0.2) is 5.96 Å². The number of aliphatic imine (C=N–C) groups is 1. The summed E-state index contributed by atoms with van der Waals surface area (Å²) < 4.78 is 0.240. The lowest BCUT2D eigenvalue weighted by Gasteiger charge is -2.24. The van der Waals surface area contributed by atoms with Crippen molar-refractivity contribution in [2.75, 3.05) is 26.4 Å². The number of allylic oxidation sites excluding steroid dienone is 1. The van der Waals surface area contributed by atoms with Crippen molar-refractivity contribution in [3.05, 3.63) is 11.6 Å². The summed E-state index contributed by atoms with van der Waals surface area (Å²) in [6.45, 7) is 6.39. The predicted octanol–water partition coefficient (Wildman–Crippen LogP) is 3.18. The van der Waals surface area contributed by atoms with Crippen LogP contribution in [0.25, 0.3) is 0 Å². The Kier molecular flexibility index (Phi) is 7.36. The minimum atomic E-state index is 0.240. The molecule has 0 saturated carbocycles. The average Bonchev–Trinajstić information content (AvgIpc) is 2.43. The van der Waals surface area contributed by atoms with Crippen molar-refractivity contribution in [1.29, 1.82) is 0 Å². The maximum Gasteiger partial charge on any atom is 0.191 e. The van der Waals surface area contributed by atoms with E-state index in [9.17, 15) is 0 Å². The molecule has 0 fully saturated rings. The van der Waals surface area contributed by atoms with Crippen LogP contribution in [-0.2, 0) is 0 Å². The number of rotatable bonds is 6. The maximum atomic E-state index is 4.27. The topological polar surface area (TPSA) is 36.4 Å². The minimum Gasteiger partial charge on any atom is -0.356 e. The van der Waals surface area contributed by atoms with Crippen molar-refractivity contribution in [3.8, 4) is 0 Å². The third-order valence-corrected chi connectivity index (χ3v) is 4.83. The van der Waals surface area contributed by atoms with Crippen molar-refractivity contribution < 1.29 is 0 Å². The summed E-state index contributed by atoms with van der Waals surface area (Å²) in [4.78, 5) is 4.27. The maximum absolute atomic E-state index is 4.27. The highest BCUT2D eigenvalue weighted by Crippen LogP contribution is 2.20. The number of thioether (sulfide) groups is 1. The zero-order valence-corrected chi connectivity index (χ0v) is 13.7. The molecule has 1 rings (SSSR count). The van der Waals surface area contributed by atoms with Gasteiger partial charge in [0.25, 0.3) is 0 Å². The first-order valence-electron chi connectivity index (χ1n) is 7.25. The largest absolute Gasteiger partial charge is 0.356 e. The molecule has 4 heteroatoms. The predicted molar refractivity (Wildman–Crippen MR) is 88.1 cm³/mol. The van der Waals surface area contributed by atoms with Crippen LogP contribution in [0.15, 0.2) is 16.6 Å². The second kappa shape index (κ2) is 8.51. The Morgan fingerprint density at radius 3 is 2.74 bits per heavy atom.